The molecule has 0 radical (unpaired) electrons. The fourth-order valence-electron chi connectivity index (χ4n) is 2.08. The topological polar surface area (TPSA) is 84.4 Å². The zero-order valence-electron chi connectivity index (χ0n) is 9.83. The number of aliphatic hydroxyl groups is 1. The first-order chi connectivity index (χ1) is 8.69. The number of halogens is 1. The molecule has 0 aromatic carbocycles. The van der Waals surface area contributed by atoms with Gasteiger partial charge in [-0.15, -0.1) is 0 Å². The summed E-state index contributed by atoms with van der Waals surface area (Å²) in [6, 6.07) is 0. The van der Waals surface area contributed by atoms with E-state index in [9.17, 15) is 9.50 Å². The van der Waals surface area contributed by atoms with E-state index in [0.29, 0.717) is 18.6 Å². The maximum Gasteiger partial charge on any atom is 0.172 e. The molecule has 2 atom stereocenters. The van der Waals surface area contributed by atoms with Gasteiger partial charge in [0.2, 0.25) is 0 Å². The van der Waals surface area contributed by atoms with Gasteiger partial charge in [-0.2, -0.15) is 0 Å². The predicted molar refractivity (Wildman–Crippen MR) is 66.2 cm³/mol. The summed E-state index contributed by atoms with van der Waals surface area (Å²) in [5.41, 5.74) is 6.25. The van der Waals surface area contributed by atoms with Crippen molar-refractivity contribution in [2.75, 3.05) is 0 Å². The van der Waals surface area contributed by atoms with Crippen LogP contribution in [0.2, 0.25) is 0 Å². The molecule has 0 saturated heterocycles. The van der Waals surface area contributed by atoms with Crippen molar-refractivity contribution in [3.05, 3.63) is 30.5 Å². The fraction of sp³-hybridized carbons (Fsp3) is 0.417. The van der Waals surface area contributed by atoms with Crippen molar-refractivity contribution < 1.29 is 9.50 Å². The highest BCUT2D eigenvalue weighted by Crippen LogP contribution is 2.33. The summed E-state index contributed by atoms with van der Waals surface area (Å²) in [7, 11) is 0. The van der Waals surface area contributed by atoms with Gasteiger partial charge in [0, 0.05) is 18.2 Å². The first-order valence-electron chi connectivity index (χ1n) is 5.80. The lowest BCUT2D eigenvalue weighted by Crippen LogP contribution is -2.07. The SMILES string of the molecule is NC(/C=C/F)=Nc1cncc(C2CCC(O)C2)n1. The summed E-state index contributed by atoms with van der Waals surface area (Å²) in [6.45, 7) is 0. The molecule has 5 nitrogen and oxygen atoms in total. The second-order valence-electron chi connectivity index (χ2n) is 4.30. The maximum absolute atomic E-state index is 11.9. The van der Waals surface area contributed by atoms with E-state index < -0.39 is 0 Å². The zero-order valence-corrected chi connectivity index (χ0v) is 9.83. The van der Waals surface area contributed by atoms with E-state index >= 15 is 0 Å². The third kappa shape index (κ3) is 3.10. The van der Waals surface area contributed by atoms with E-state index in [-0.39, 0.29) is 17.9 Å². The van der Waals surface area contributed by atoms with Crippen molar-refractivity contribution >= 4 is 11.7 Å². The van der Waals surface area contributed by atoms with Gasteiger partial charge >= 0.3 is 0 Å². The Morgan fingerprint density at radius 3 is 3.00 bits per heavy atom. The highest BCUT2D eigenvalue weighted by atomic mass is 19.1. The molecule has 96 valence electrons. The highest BCUT2D eigenvalue weighted by molar-refractivity contribution is 5.92. The Kier molecular flexibility index (Phi) is 3.99. The molecule has 6 heteroatoms. The molecule has 1 aromatic heterocycles. The molecular formula is C12H15FN4O. The maximum atomic E-state index is 11.9. The monoisotopic (exact) mass is 250 g/mol. The van der Waals surface area contributed by atoms with Crippen LogP contribution in [0.1, 0.15) is 30.9 Å². The molecule has 2 unspecified atom stereocenters. The van der Waals surface area contributed by atoms with E-state index in [4.69, 9.17) is 5.73 Å². The molecule has 2 rings (SSSR count). The summed E-state index contributed by atoms with van der Waals surface area (Å²) in [6.07, 6.45) is 6.62. The van der Waals surface area contributed by atoms with Gasteiger partial charge in [-0.1, -0.05) is 0 Å². The average Bonchev–Trinajstić information content (AvgIpc) is 2.76. The number of aromatic nitrogens is 2. The zero-order chi connectivity index (χ0) is 13.0. The molecule has 1 heterocycles. The van der Waals surface area contributed by atoms with Crippen LogP contribution in [0.25, 0.3) is 0 Å². The minimum atomic E-state index is -0.261. The molecule has 1 saturated carbocycles. The van der Waals surface area contributed by atoms with E-state index in [1.807, 2.05) is 0 Å². The first kappa shape index (κ1) is 12.6. The lowest BCUT2D eigenvalue weighted by atomic mass is 10.0. The normalized spacial score (nSPS) is 24.9. The van der Waals surface area contributed by atoms with Crippen LogP contribution < -0.4 is 5.73 Å². The van der Waals surface area contributed by atoms with Crippen LogP contribution in [-0.4, -0.2) is 27.0 Å². The summed E-state index contributed by atoms with van der Waals surface area (Å²) < 4.78 is 11.9. The Bertz CT molecular complexity index is 475. The summed E-state index contributed by atoms with van der Waals surface area (Å²) in [5, 5.41) is 9.50. The molecule has 0 spiro atoms. The Balaban J connectivity index is 2.17. The Morgan fingerprint density at radius 2 is 2.33 bits per heavy atom. The highest BCUT2D eigenvalue weighted by Gasteiger charge is 2.25. The van der Waals surface area contributed by atoms with Crippen molar-refractivity contribution in [1.29, 1.82) is 0 Å². The predicted octanol–water partition coefficient (Wildman–Crippen LogP) is 1.58. The number of aliphatic imine (C=N–C) groups is 1. The van der Waals surface area contributed by atoms with Gasteiger partial charge in [-0.3, -0.25) is 4.98 Å². The number of hydrogen-bond acceptors (Lipinski definition) is 4. The number of amidine groups is 1. The molecule has 3 N–H and O–H groups in total. The smallest absolute Gasteiger partial charge is 0.172 e. The number of hydrogen-bond donors (Lipinski definition) is 2. The lowest BCUT2D eigenvalue weighted by Gasteiger charge is -2.08. The van der Waals surface area contributed by atoms with E-state index in [1.165, 1.54) is 6.20 Å². The van der Waals surface area contributed by atoms with Crippen LogP contribution in [-0.2, 0) is 0 Å². The molecular weight excluding hydrogens is 235 g/mol. The standard InChI is InChI=1S/C12H15FN4O/c13-4-3-11(14)17-12-7-15-6-10(16-12)8-1-2-9(18)5-8/h3-4,6-9,18H,1-2,5H2,(H2,14,16,17)/b4-3+. The van der Waals surface area contributed by atoms with Gasteiger partial charge in [0.1, 0.15) is 5.84 Å². The summed E-state index contributed by atoms with van der Waals surface area (Å²) >= 11 is 0. The Morgan fingerprint density at radius 1 is 1.50 bits per heavy atom. The second kappa shape index (κ2) is 5.68. The van der Waals surface area contributed by atoms with Crippen LogP contribution in [0.4, 0.5) is 10.2 Å². The third-order valence-electron chi connectivity index (χ3n) is 2.94. The molecule has 1 aromatic rings. The number of nitrogens with zero attached hydrogens (tertiary/aromatic N) is 3. The van der Waals surface area contributed by atoms with Crippen molar-refractivity contribution in [2.24, 2.45) is 10.7 Å². The van der Waals surface area contributed by atoms with Crippen LogP contribution in [0.3, 0.4) is 0 Å². The minimum absolute atomic E-state index is 0.0374. The van der Waals surface area contributed by atoms with Gasteiger partial charge < -0.3 is 10.8 Å². The summed E-state index contributed by atoms with van der Waals surface area (Å²) in [4.78, 5) is 12.3. The van der Waals surface area contributed by atoms with Crippen molar-refractivity contribution in [2.45, 2.75) is 31.3 Å². The minimum Gasteiger partial charge on any atom is -0.393 e. The molecule has 1 fully saturated rings. The summed E-state index contributed by atoms with van der Waals surface area (Å²) in [5.74, 6) is 0.598. The van der Waals surface area contributed by atoms with Crippen molar-refractivity contribution in [1.82, 2.24) is 9.97 Å². The number of rotatable bonds is 3. The molecule has 1 aliphatic rings. The van der Waals surface area contributed by atoms with Crippen LogP contribution in [0.5, 0.6) is 0 Å². The number of nitrogens with two attached hydrogens (primary N) is 1. The molecule has 18 heavy (non-hydrogen) atoms. The molecule has 1 aliphatic carbocycles. The molecule has 0 bridgehead atoms. The van der Waals surface area contributed by atoms with Crippen LogP contribution in [0.15, 0.2) is 29.8 Å². The van der Waals surface area contributed by atoms with Crippen LogP contribution >= 0.6 is 0 Å². The average molecular weight is 250 g/mol. The van der Waals surface area contributed by atoms with Gasteiger partial charge in [-0.05, 0) is 19.3 Å². The van der Waals surface area contributed by atoms with E-state index in [2.05, 4.69) is 15.0 Å². The van der Waals surface area contributed by atoms with Gasteiger partial charge in [0.05, 0.1) is 24.3 Å². The lowest BCUT2D eigenvalue weighted by molar-refractivity contribution is 0.181. The van der Waals surface area contributed by atoms with E-state index in [0.717, 1.165) is 24.6 Å². The van der Waals surface area contributed by atoms with E-state index in [1.54, 1.807) is 6.20 Å². The number of aliphatic hydroxyl groups excluding tert-OH is 1. The van der Waals surface area contributed by atoms with Gasteiger partial charge in [0.15, 0.2) is 5.82 Å². The Labute approximate surface area is 104 Å². The molecule has 0 amide bonds. The molecule has 0 aliphatic heterocycles. The van der Waals surface area contributed by atoms with Crippen molar-refractivity contribution in [3.63, 3.8) is 0 Å². The Hall–Kier alpha value is -1.82. The third-order valence-corrected chi connectivity index (χ3v) is 2.94. The largest absolute Gasteiger partial charge is 0.393 e. The fourth-order valence-corrected chi connectivity index (χ4v) is 2.08. The van der Waals surface area contributed by atoms with Gasteiger partial charge in [0.25, 0.3) is 0 Å². The van der Waals surface area contributed by atoms with Crippen molar-refractivity contribution in [3.8, 4) is 0 Å². The second-order valence-corrected chi connectivity index (χ2v) is 4.30. The quantitative estimate of drug-likeness (QED) is 0.630. The van der Waals surface area contributed by atoms with Gasteiger partial charge in [-0.25, -0.2) is 14.4 Å². The van der Waals surface area contributed by atoms with Crippen LogP contribution in [0, 0.1) is 0 Å². The first-order valence-corrected chi connectivity index (χ1v) is 5.80.